The van der Waals surface area contributed by atoms with Crippen LogP contribution in [0, 0.1) is 12.8 Å². The molecule has 0 radical (unpaired) electrons. The summed E-state index contributed by atoms with van der Waals surface area (Å²) in [5, 5.41) is 3.50. The average Bonchev–Trinajstić information content (AvgIpc) is 2.23. The van der Waals surface area contributed by atoms with E-state index in [0.717, 1.165) is 11.0 Å². The van der Waals surface area contributed by atoms with Crippen LogP contribution in [-0.4, -0.2) is 12.6 Å². The Kier molecular flexibility index (Phi) is 5.46. The van der Waals surface area contributed by atoms with Crippen molar-refractivity contribution < 1.29 is 0 Å². The molecule has 0 bridgehead atoms. The minimum atomic E-state index is 0.382. The number of hydrogen-bond acceptors (Lipinski definition) is 2. The molecule has 0 heterocycles. The van der Waals surface area contributed by atoms with Gasteiger partial charge in [-0.1, -0.05) is 47.5 Å². The van der Waals surface area contributed by atoms with Gasteiger partial charge in [-0.3, -0.25) is 0 Å². The maximum absolute atomic E-state index is 5.73. The molecule has 2 nitrogen and oxygen atoms in total. The van der Waals surface area contributed by atoms with Crippen LogP contribution in [0.4, 0.5) is 0 Å². The second-order valence-electron chi connectivity index (χ2n) is 4.56. The van der Waals surface area contributed by atoms with Crippen molar-refractivity contribution >= 4 is 15.9 Å². The Morgan fingerprint density at radius 1 is 1.38 bits per heavy atom. The minimum absolute atomic E-state index is 0.382. The molecule has 0 amide bonds. The molecule has 0 aliphatic heterocycles. The summed E-state index contributed by atoms with van der Waals surface area (Å²) in [4.78, 5) is 0. The molecule has 3 N–H and O–H groups in total. The van der Waals surface area contributed by atoms with Crippen molar-refractivity contribution in [3.63, 3.8) is 0 Å². The summed E-state index contributed by atoms with van der Waals surface area (Å²) in [6.45, 7) is 8.04. The van der Waals surface area contributed by atoms with Crippen LogP contribution in [0.25, 0.3) is 0 Å². The third-order valence-corrected chi connectivity index (χ3v) is 3.59. The van der Waals surface area contributed by atoms with Crippen LogP contribution < -0.4 is 11.1 Å². The van der Waals surface area contributed by atoms with Crippen LogP contribution in [0.15, 0.2) is 22.7 Å². The first-order chi connectivity index (χ1) is 7.54. The number of nitrogens with two attached hydrogens (primary N) is 1. The zero-order chi connectivity index (χ0) is 12.1. The van der Waals surface area contributed by atoms with Gasteiger partial charge in [0.1, 0.15) is 0 Å². The zero-order valence-electron chi connectivity index (χ0n) is 10.3. The third kappa shape index (κ3) is 3.89. The molecule has 3 heteroatoms. The fourth-order valence-corrected chi connectivity index (χ4v) is 2.06. The fraction of sp³-hybridized carbons (Fsp3) is 0.538. The molecule has 1 aromatic rings. The summed E-state index contributed by atoms with van der Waals surface area (Å²) < 4.78 is 1.16. The molecule has 1 rings (SSSR count). The highest BCUT2D eigenvalue weighted by Crippen LogP contribution is 2.18. The van der Waals surface area contributed by atoms with Gasteiger partial charge in [0.25, 0.3) is 0 Å². The van der Waals surface area contributed by atoms with Crippen molar-refractivity contribution in [3.8, 4) is 0 Å². The van der Waals surface area contributed by atoms with Crippen LogP contribution in [0.3, 0.4) is 0 Å². The standard InChI is InChI=1S/C13H21BrN2/c1-9(2)13(7-15)16-8-11-6-10(3)4-5-12(11)14/h4-6,9,13,16H,7-8,15H2,1-3H3. The fourth-order valence-electron chi connectivity index (χ4n) is 1.67. The van der Waals surface area contributed by atoms with E-state index in [1.807, 2.05) is 0 Å². The number of rotatable bonds is 5. The normalized spacial score (nSPS) is 13.1. The first-order valence-corrected chi connectivity index (χ1v) is 6.52. The molecule has 1 unspecified atom stereocenters. The van der Waals surface area contributed by atoms with E-state index < -0.39 is 0 Å². The number of halogens is 1. The van der Waals surface area contributed by atoms with E-state index >= 15 is 0 Å². The highest BCUT2D eigenvalue weighted by molar-refractivity contribution is 9.10. The second-order valence-corrected chi connectivity index (χ2v) is 5.42. The zero-order valence-corrected chi connectivity index (χ0v) is 11.8. The van der Waals surface area contributed by atoms with Gasteiger partial charge >= 0.3 is 0 Å². The molecule has 0 fully saturated rings. The highest BCUT2D eigenvalue weighted by atomic mass is 79.9. The van der Waals surface area contributed by atoms with Crippen LogP contribution in [0.5, 0.6) is 0 Å². The van der Waals surface area contributed by atoms with E-state index in [0.29, 0.717) is 18.5 Å². The Labute approximate surface area is 107 Å². The van der Waals surface area contributed by atoms with Gasteiger partial charge in [-0.15, -0.1) is 0 Å². The van der Waals surface area contributed by atoms with Crippen LogP contribution in [-0.2, 0) is 6.54 Å². The van der Waals surface area contributed by atoms with E-state index in [1.54, 1.807) is 0 Å². The molecule has 90 valence electrons. The summed E-state index contributed by atoms with van der Waals surface area (Å²) in [6.07, 6.45) is 0. The quantitative estimate of drug-likeness (QED) is 0.873. The van der Waals surface area contributed by atoms with Gasteiger partial charge in [0.05, 0.1) is 0 Å². The molecule has 1 atom stereocenters. The van der Waals surface area contributed by atoms with E-state index in [9.17, 15) is 0 Å². The summed E-state index contributed by atoms with van der Waals surface area (Å²) in [5.41, 5.74) is 8.31. The molecule has 0 aliphatic rings. The van der Waals surface area contributed by atoms with Crippen molar-refractivity contribution in [2.75, 3.05) is 6.54 Å². The van der Waals surface area contributed by atoms with E-state index in [4.69, 9.17) is 5.73 Å². The lowest BCUT2D eigenvalue weighted by molar-refractivity contribution is 0.404. The average molecular weight is 285 g/mol. The summed E-state index contributed by atoms with van der Waals surface area (Å²) in [6, 6.07) is 6.79. The summed E-state index contributed by atoms with van der Waals surface area (Å²) in [7, 11) is 0. The SMILES string of the molecule is Cc1ccc(Br)c(CNC(CN)C(C)C)c1. The molecular weight excluding hydrogens is 264 g/mol. The number of hydrogen-bond donors (Lipinski definition) is 2. The molecule has 0 aliphatic carbocycles. The number of nitrogens with one attached hydrogen (secondary N) is 1. The van der Waals surface area contributed by atoms with Crippen LogP contribution in [0.2, 0.25) is 0 Å². The monoisotopic (exact) mass is 284 g/mol. The minimum Gasteiger partial charge on any atom is -0.329 e. The molecule has 1 aromatic carbocycles. The van der Waals surface area contributed by atoms with Gasteiger partial charge in [-0.25, -0.2) is 0 Å². The van der Waals surface area contributed by atoms with Crippen LogP contribution in [0.1, 0.15) is 25.0 Å². The number of aryl methyl sites for hydroxylation is 1. The van der Waals surface area contributed by atoms with Crippen molar-refractivity contribution in [3.05, 3.63) is 33.8 Å². The van der Waals surface area contributed by atoms with E-state index in [1.165, 1.54) is 11.1 Å². The maximum Gasteiger partial charge on any atom is 0.0220 e. The number of benzene rings is 1. The van der Waals surface area contributed by atoms with Crippen molar-refractivity contribution in [2.45, 2.75) is 33.4 Å². The van der Waals surface area contributed by atoms with E-state index in [-0.39, 0.29) is 0 Å². The van der Waals surface area contributed by atoms with Crippen molar-refractivity contribution in [1.29, 1.82) is 0 Å². The maximum atomic E-state index is 5.73. The lowest BCUT2D eigenvalue weighted by Crippen LogP contribution is -2.39. The van der Waals surface area contributed by atoms with Gasteiger partial charge in [0.2, 0.25) is 0 Å². The predicted molar refractivity (Wildman–Crippen MR) is 73.4 cm³/mol. The van der Waals surface area contributed by atoms with Crippen LogP contribution >= 0.6 is 15.9 Å². The van der Waals surface area contributed by atoms with E-state index in [2.05, 4.69) is 60.2 Å². The third-order valence-electron chi connectivity index (χ3n) is 2.81. The predicted octanol–water partition coefficient (Wildman–Crippen LogP) is 2.83. The molecule has 0 spiro atoms. The Bertz CT molecular complexity index is 337. The summed E-state index contributed by atoms with van der Waals surface area (Å²) >= 11 is 3.57. The van der Waals surface area contributed by atoms with Gasteiger partial charge < -0.3 is 11.1 Å². The molecule has 0 saturated heterocycles. The second kappa shape index (κ2) is 6.38. The molecule has 16 heavy (non-hydrogen) atoms. The lowest BCUT2D eigenvalue weighted by atomic mass is 10.0. The van der Waals surface area contributed by atoms with Gasteiger partial charge in [0, 0.05) is 23.6 Å². The largest absolute Gasteiger partial charge is 0.329 e. The highest BCUT2D eigenvalue weighted by Gasteiger charge is 2.10. The molecular formula is C13H21BrN2. The van der Waals surface area contributed by atoms with Gasteiger partial charge in [-0.05, 0) is 24.5 Å². The first kappa shape index (κ1) is 13.7. The Balaban J connectivity index is 2.63. The van der Waals surface area contributed by atoms with Crippen molar-refractivity contribution in [1.82, 2.24) is 5.32 Å². The topological polar surface area (TPSA) is 38.0 Å². The smallest absolute Gasteiger partial charge is 0.0220 e. The first-order valence-electron chi connectivity index (χ1n) is 5.73. The summed E-state index contributed by atoms with van der Waals surface area (Å²) in [5.74, 6) is 0.564. The lowest BCUT2D eigenvalue weighted by Gasteiger charge is -2.21. The molecule has 0 aromatic heterocycles. The Hall–Kier alpha value is -0.380. The van der Waals surface area contributed by atoms with Gasteiger partial charge in [0.15, 0.2) is 0 Å². The van der Waals surface area contributed by atoms with Crippen molar-refractivity contribution in [2.24, 2.45) is 11.7 Å². The molecule has 0 saturated carbocycles. The van der Waals surface area contributed by atoms with Gasteiger partial charge in [-0.2, -0.15) is 0 Å². The Morgan fingerprint density at radius 3 is 2.62 bits per heavy atom. The Morgan fingerprint density at radius 2 is 2.06 bits per heavy atom.